The van der Waals surface area contributed by atoms with E-state index >= 15 is 0 Å². The summed E-state index contributed by atoms with van der Waals surface area (Å²) in [5, 5.41) is 29.2. The number of aromatic nitrogens is 2. The van der Waals surface area contributed by atoms with E-state index in [0.29, 0.717) is 15.8 Å². The van der Waals surface area contributed by atoms with Crippen molar-refractivity contribution in [2.75, 3.05) is 0 Å². The highest BCUT2D eigenvalue weighted by atomic mass is 35.5. The molecule has 2 N–H and O–H groups in total. The number of hydrogen-bond donors (Lipinski definition) is 2. The SMILES string of the molecule is Cc1c(C#N)c(O)[nH]c(=O)c1N=Nc1nc(-c2ccc(Cl)cc2)cs1. The highest BCUT2D eigenvalue weighted by Gasteiger charge is 2.14. The Morgan fingerprint density at radius 1 is 1.32 bits per heavy atom. The van der Waals surface area contributed by atoms with Gasteiger partial charge in [-0.3, -0.25) is 9.78 Å². The maximum Gasteiger partial charge on any atom is 0.278 e. The molecule has 0 aliphatic carbocycles. The standard InChI is InChI=1S/C16H10ClN5O2S/c1-8-11(6-18)14(23)20-15(24)13(8)21-22-16-19-12(7-25-16)9-2-4-10(17)5-3-9/h2-5,7H,1H3,(H2,20,23,24). The van der Waals surface area contributed by atoms with E-state index in [1.165, 1.54) is 18.3 Å². The minimum Gasteiger partial charge on any atom is -0.494 e. The van der Waals surface area contributed by atoms with Gasteiger partial charge < -0.3 is 5.11 Å². The summed E-state index contributed by atoms with van der Waals surface area (Å²) < 4.78 is 0. The average Bonchev–Trinajstić information content (AvgIpc) is 3.04. The predicted molar refractivity (Wildman–Crippen MR) is 94.9 cm³/mol. The number of rotatable bonds is 3. The zero-order chi connectivity index (χ0) is 18.0. The molecule has 1 aromatic carbocycles. The van der Waals surface area contributed by atoms with Crippen molar-refractivity contribution in [3.05, 3.63) is 56.1 Å². The third-order valence-electron chi connectivity index (χ3n) is 3.39. The smallest absolute Gasteiger partial charge is 0.278 e. The van der Waals surface area contributed by atoms with Crippen LogP contribution in [0.25, 0.3) is 11.3 Å². The molecule has 0 saturated carbocycles. The Bertz CT molecular complexity index is 1060. The number of aromatic hydroxyl groups is 1. The van der Waals surface area contributed by atoms with Gasteiger partial charge >= 0.3 is 0 Å². The number of nitrogens with zero attached hydrogens (tertiary/aromatic N) is 4. The summed E-state index contributed by atoms with van der Waals surface area (Å²) >= 11 is 7.12. The second-order valence-electron chi connectivity index (χ2n) is 4.99. The van der Waals surface area contributed by atoms with E-state index in [4.69, 9.17) is 16.9 Å². The molecule has 0 amide bonds. The van der Waals surface area contributed by atoms with Gasteiger partial charge in [0.1, 0.15) is 11.6 Å². The van der Waals surface area contributed by atoms with Gasteiger partial charge in [-0.05, 0) is 19.1 Å². The largest absolute Gasteiger partial charge is 0.494 e. The van der Waals surface area contributed by atoms with Crippen LogP contribution >= 0.6 is 22.9 Å². The lowest BCUT2D eigenvalue weighted by Crippen LogP contribution is -2.08. The van der Waals surface area contributed by atoms with E-state index in [1.807, 2.05) is 23.6 Å². The molecule has 3 rings (SSSR count). The van der Waals surface area contributed by atoms with Crippen LogP contribution in [0.15, 0.2) is 44.7 Å². The quantitative estimate of drug-likeness (QED) is 0.661. The van der Waals surface area contributed by atoms with Gasteiger partial charge in [0.25, 0.3) is 5.56 Å². The van der Waals surface area contributed by atoms with E-state index in [-0.39, 0.29) is 16.8 Å². The van der Waals surface area contributed by atoms with Crippen molar-refractivity contribution in [3.8, 4) is 23.2 Å². The van der Waals surface area contributed by atoms with E-state index in [1.54, 1.807) is 12.1 Å². The highest BCUT2D eigenvalue weighted by molar-refractivity contribution is 7.13. The van der Waals surface area contributed by atoms with E-state index < -0.39 is 11.4 Å². The summed E-state index contributed by atoms with van der Waals surface area (Å²) in [5.74, 6) is -0.483. The topological polar surface area (TPSA) is 114 Å². The van der Waals surface area contributed by atoms with Crippen molar-refractivity contribution in [1.82, 2.24) is 9.97 Å². The molecule has 0 unspecified atom stereocenters. The molecular formula is C16H10ClN5O2S. The Morgan fingerprint density at radius 2 is 2.04 bits per heavy atom. The van der Waals surface area contributed by atoms with Crippen LogP contribution in [0.1, 0.15) is 11.1 Å². The van der Waals surface area contributed by atoms with Crippen molar-refractivity contribution in [2.45, 2.75) is 6.92 Å². The fourth-order valence-corrected chi connectivity index (χ4v) is 2.88. The maximum atomic E-state index is 11.9. The van der Waals surface area contributed by atoms with Gasteiger partial charge in [0.2, 0.25) is 11.0 Å². The van der Waals surface area contributed by atoms with Gasteiger partial charge in [-0.15, -0.1) is 21.6 Å². The summed E-state index contributed by atoms with van der Waals surface area (Å²) in [4.78, 5) is 18.4. The first-order chi connectivity index (χ1) is 12.0. The summed E-state index contributed by atoms with van der Waals surface area (Å²) in [5.41, 5.74) is 1.12. The summed E-state index contributed by atoms with van der Waals surface area (Å²) in [6, 6.07) is 9.02. The number of aromatic amines is 1. The number of halogens is 1. The number of benzene rings is 1. The minimum atomic E-state index is -0.632. The predicted octanol–water partition coefficient (Wildman–Crippen LogP) is 4.45. The molecule has 9 heteroatoms. The summed E-state index contributed by atoms with van der Waals surface area (Å²) in [7, 11) is 0. The molecule has 0 fully saturated rings. The second kappa shape index (κ2) is 6.84. The van der Waals surface area contributed by atoms with Gasteiger partial charge in [0.15, 0.2) is 5.69 Å². The lowest BCUT2D eigenvalue weighted by atomic mass is 10.1. The number of azo groups is 1. The Kier molecular flexibility index (Phi) is 4.61. The number of H-pyrrole nitrogens is 1. The van der Waals surface area contributed by atoms with E-state index in [0.717, 1.165) is 5.56 Å². The van der Waals surface area contributed by atoms with Crippen molar-refractivity contribution >= 4 is 33.8 Å². The van der Waals surface area contributed by atoms with Crippen molar-refractivity contribution in [1.29, 1.82) is 5.26 Å². The average molecular weight is 372 g/mol. The molecule has 0 aliphatic heterocycles. The fraction of sp³-hybridized carbons (Fsp3) is 0.0625. The van der Waals surface area contributed by atoms with Crippen molar-refractivity contribution < 1.29 is 5.11 Å². The Labute approximate surface area is 150 Å². The summed E-state index contributed by atoms with van der Waals surface area (Å²) in [6.45, 7) is 1.52. The van der Waals surface area contributed by atoms with Crippen LogP contribution in [0, 0.1) is 18.3 Å². The first-order valence-electron chi connectivity index (χ1n) is 6.98. The number of thiazole rings is 1. The lowest BCUT2D eigenvalue weighted by molar-refractivity contribution is 0.449. The van der Waals surface area contributed by atoms with Crippen LogP contribution in [0.4, 0.5) is 10.8 Å². The van der Waals surface area contributed by atoms with E-state index in [9.17, 15) is 9.90 Å². The molecule has 0 spiro atoms. The van der Waals surface area contributed by atoms with Gasteiger partial charge in [-0.1, -0.05) is 23.7 Å². The molecule has 3 aromatic rings. The van der Waals surface area contributed by atoms with Gasteiger partial charge in [0.05, 0.1) is 5.69 Å². The Hall–Kier alpha value is -3.02. The van der Waals surface area contributed by atoms with Crippen molar-refractivity contribution in [2.24, 2.45) is 10.2 Å². The van der Waals surface area contributed by atoms with Gasteiger partial charge in [-0.2, -0.15) is 5.26 Å². The van der Waals surface area contributed by atoms with Crippen LogP contribution in [-0.4, -0.2) is 15.1 Å². The zero-order valence-corrected chi connectivity index (χ0v) is 14.4. The molecule has 25 heavy (non-hydrogen) atoms. The molecule has 0 atom stereocenters. The van der Waals surface area contributed by atoms with Gasteiger partial charge in [0, 0.05) is 21.5 Å². The fourth-order valence-electron chi connectivity index (χ4n) is 2.11. The number of pyridine rings is 1. The minimum absolute atomic E-state index is 0.0439. The van der Waals surface area contributed by atoms with Crippen LogP contribution in [0.3, 0.4) is 0 Å². The third-order valence-corrected chi connectivity index (χ3v) is 4.37. The number of nitrogens with one attached hydrogen (secondary N) is 1. The first-order valence-corrected chi connectivity index (χ1v) is 8.24. The van der Waals surface area contributed by atoms with Crippen LogP contribution in [0.2, 0.25) is 5.02 Å². The molecular weight excluding hydrogens is 362 g/mol. The van der Waals surface area contributed by atoms with Crippen LogP contribution in [-0.2, 0) is 0 Å². The van der Waals surface area contributed by atoms with E-state index in [2.05, 4.69) is 20.2 Å². The maximum absolute atomic E-state index is 11.9. The normalized spacial score (nSPS) is 10.9. The third kappa shape index (κ3) is 3.42. The molecule has 7 nitrogen and oxygen atoms in total. The first kappa shape index (κ1) is 16.8. The van der Waals surface area contributed by atoms with Gasteiger partial charge in [-0.25, -0.2) is 4.98 Å². The molecule has 0 bridgehead atoms. The zero-order valence-electron chi connectivity index (χ0n) is 12.8. The molecule has 0 saturated heterocycles. The lowest BCUT2D eigenvalue weighted by Gasteiger charge is -2.02. The second-order valence-corrected chi connectivity index (χ2v) is 6.26. The van der Waals surface area contributed by atoms with Crippen LogP contribution in [0.5, 0.6) is 5.88 Å². The highest BCUT2D eigenvalue weighted by Crippen LogP contribution is 2.29. The summed E-state index contributed by atoms with van der Waals surface area (Å²) in [6.07, 6.45) is 0. The monoisotopic (exact) mass is 371 g/mol. The van der Waals surface area contributed by atoms with Crippen LogP contribution < -0.4 is 5.56 Å². The van der Waals surface area contributed by atoms with Crippen molar-refractivity contribution in [3.63, 3.8) is 0 Å². The Balaban J connectivity index is 1.93. The molecule has 2 heterocycles. The Morgan fingerprint density at radius 3 is 2.72 bits per heavy atom. The molecule has 0 radical (unpaired) electrons. The number of nitriles is 1. The number of hydrogen-bond acceptors (Lipinski definition) is 7. The molecule has 2 aromatic heterocycles. The molecule has 124 valence electrons. The molecule has 0 aliphatic rings.